The number of methoxy groups -OCH3 is 2. The molecule has 0 aromatic heterocycles. The Bertz CT molecular complexity index is 642. The summed E-state index contributed by atoms with van der Waals surface area (Å²) >= 11 is 1.54. The Morgan fingerprint density at radius 2 is 1.77 bits per heavy atom. The fourth-order valence-corrected chi connectivity index (χ4v) is 2.98. The summed E-state index contributed by atoms with van der Waals surface area (Å²) in [6.45, 7) is 4.37. The minimum absolute atomic E-state index is 0.156. The van der Waals surface area contributed by atoms with Gasteiger partial charge in [-0.25, -0.2) is 0 Å². The van der Waals surface area contributed by atoms with Crippen LogP contribution in [0.4, 0.5) is 0 Å². The molecular weight excluding hydrogens is 352 g/mol. The minimum Gasteiger partial charge on any atom is -0.497 e. The monoisotopic (exact) mass is 380 g/mol. The predicted molar refractivity (Wildman–Crippen MR) is 108 cm³/mol. The summed E-state index contributed by atoms with van der Waals surface area (Å²) in [6, 6.07) is 7.04. The lowest BCUT2D eigenvalue weighted by molar-refractivity contribution is -0.119. The van der Waals surface area contributed by atoms with Gasteiger partial charge in [0, 0.05) is 19.3 Å². The number of carbonyl (C=O) groups is 1. The van der Waals surface area contributed by atoms with E-state index in [4.69, 9.17) is 20.9 Å². The molecule has 1 aromatic carbocycles. The molecule has 0 unspecified atom stereocenters. The second kappa shape index (κ2) is 10.8. The molecule has 0 aliphatic carbocycles. The lowest BCUT2D eigenvalue weighted by Crippen LogP contribution is -2.29. The van der Waals surface area contributed by atoms with Crippen LogP contribution in [0.3, 0.4) is 0 Å². The highest BCUT2D eigenvalue weighted by atomic mass is 32.2. The van der Waals surface area contributed by atoms with E-state index in [9.17, 15) is 4.79 Å². The van der Waals surface area contributed by atoms with Gasteiger partial charge in [0.15, 0.2) is 0 Å². The van der Waals surface area contributed by atoms with Crippen LogP contribution in [-0.4, -0.2) is 49.0 Å². The van der Waals surface area contributed by atoms with Crippen LogP contribution in [-0.2, 0) is 9.53 Å². The van der Waals surface area contributed by atoms with E-state index >= 15 is 0 Å². The second-order valence-corrected chi connectivity index (χ2v) is 7.78. The van der Waals surface area contributed by atoms with Crippen LogP contribution in [0.15, 0.2) is 34.3 Å². The van der Waals surface area contributed by atoms with E-state index in [0.29, 0.717) is 11.3 Å². The van der Waals surface area contributed by atoms with E-state index in [-0.39, 0.29) is 17.7 Å². The third kappa shape index (κ3) is 7.45. The summed E-state index contributed by atoms with van der Waals surface area (Å²) < 4.78 is 9.42. The van der Waals surface area contributed by atoms with Crippen molar-refractivity contribution in [3.63, 3.8) is 0 Å². The number of amidine groups is 1. The van der Waals surface area contributed by atoms with Crippen LogP contribution in [0.25, 0.3) is 0 Å². The van der Waals surface area contributed by atoms with Crippen molar-refractivity contribution in [1.29, 1.82) is 0 Å². The van der Waals surface area contributed by atoms with Gasteiger partial charge in [-0.2, -0.15) is 9.98 Å². The van der Waals surface area contributed by atoms with Crippen molar-refractivity contribution < 1.29 is 14.3 Å². The van der Waals surface area contributed by atoms with E-state index in [1.54, 1.807) is 38.5 Å². The Labute approximate surface area is 159 Å². The standard InChI is InChI=1S/C18H28N4O3S/c1-18(2,26-12-6-5-11-24-3)16(23)22-17(20)21-15(19)13-7-9-14(25-4)10-8-13/h7-10H,5-6,11-12H2,1-4H3,(H4,19,20,21,22,23). The number of thioether (sulfide) groups is 1. The van der Waals surface area contributed by atoms with Gasteiger partial charge in [0.2, 0.25) is 5.96 Å². The molecule has 0 aliphatic heterocycles. The zero-order valence-electron chi connectivity index (χ0n) is 15.8. The van der Waals surface area contributed by atoms with Gasteiger partial charge in [-0.05, 0) is 56.7 Å². The molecular formula is C18H28N4O3S. The first-order valence-electron chi connectivity index (χ1n) is 8.30. The SMILES string of the molecule is COCCCCSC(C)(C)C(=O)N=C(N)/N=C(\N)c1ccc(OC)cc1. The van der Waals surface area contributed by atoms with Gasteiger partial charge in [0.1, 0.15) is 11.6 Å². The van der Waals surface area contributed by atoms with Crippen molar-refractivity contribution in [3.8, 4) is 5.75 Å². The molecule has 0 spiro atoms. The van der Waals surface area contributed by atoms with Gasteiger partial charge >= 0.3 is 0 Å². The Balaban J connectivity index is 2.69. The van der Waals surface area contributed by atoms with Crippen molar-refractivity contribution in [2.45, 2.75) is 31.4 Å². The van der Waals surface area contributed by atoms with Crippen LogP contribution in [0.5, 0.6) is 5.75 Å². The average Bonchev–Trinajstić information content (AvgIpc) is 2.61. The van der Waals surface area contributed by atoms with Gasteiger partial charge < -0.3 is 20.9 Å². The number of amides is 1. The topological polar surface area (TPSA) is 112 Å². The number of nitrogens with zero attached hydrogens (tertiary/aromatic N) is 2. The Morgan fingerprint density at radius 1 is 1.12 bits per heavy atom. The normalized spacial score (nSPS) is 12.9. The van der Waals surface area contributed by atoms with Crippen LogP contribution in [0.1, 0.15) is 32.3 Å². The third-order valence-corrected chi connectivity index (χ3v) is 4.95. The van der Waals surface area contributed by atoms with E-state index in [1.807, 2.05) is 13.8 Å². The number of ether oxygens (including phenoxy) is 2. The zero-order valence-corrected chi connectivity index (χ0v) is 16.6. The molecule has 0 aliphatic rings. The van der Waals surface area contributed by atoms with Gasteiger partial charge in [-0.3, -0.25) is 4.79 Å². The summed E-state index contributed by atoms with van der Waals surface area (Å²) in [5, 5.41) is 0. The van der Waals surface area contributed by atoms with Crippen molar-refractivity contribution in [3.05, 3.63) is 29.8 Å². The van der Waals surface area contributed by atoms with Crippen molar-refractivity contribution in [1.82, 2.24) is 0 Å². The largest absolute Gasteiger partial charge is 0.497 e. The molecule has 0 bridgehead atoms. The molecule has 144 valence electrons. The minimum atomic E-state index is -0.678. The van der Waals surface area contributed by atoms with Crippen molar-refractivity contribution >= 4 is 29.5 Å². The number of carbonyl (C=O) groups excluding carboxylic acids is 1. The van der Waals surface area contributed by atoms with Gasteiger partial charge in [-0.15, -0.1) is 11.8 Å². The predicted octanol–water partition coefficient (Wildman–Crippen LogP) is 2.18. The maximum Gasteiger partial charge on any atom is 0.264 e. The summed E-state index contributed by atoms with van der Waals surface area (Å²) in [5.41, 5.74) is 12.4. The van der Waals surface area contributed by atoms with Crippen LogP contribution in [0, 0.1) is 0 Å². The summed E-state index contributed by atoms with van der Waals surface area (Å²) in [6.07, 6.45) is 1.93. The maximum absolute atomic E-state index is 12.4. The highest BCUT2D eigenvalue weighted by Crippen LogP contribution is 2.27. The van der Waals surface area contributed by atoms with Gasteiger partial charge in [0.05, 0.1) is 11.9 Å². The summed E-state index contributed by atoms with van der Waals surface area (Å²) in [7, 11) is 3.26. The van der Waals surface area contributed by atoms with E-state index < -0.39 is 4.75 Å². The van der Waals surface area contributed by atoms with Gasteiger partial charge in [-0.1, -0.05) is 0 Å². The molecule has 4 N–H and O–H groups in total. The van der Waals surface area contributed by atoms with E-state index in [2.05, 4.69) is 9.98 Å². The van der Waals surface area contributed by atoms with E-state index in [1.165, 1.54) is 11.8 Å². The molecule has 1 amide bonds. The first-order chi connectivity index (χ1) is 12.3. The number of benzene rings is 1. The fraction of sp³-hybridized carbons (Fsp3) is 0.500. The quantitative estimate of drug-likeness (QED) is 0.386. The lowest BCUT2D eigenvalue weighted by atomic mass is 10.2. The smallest absolute Gasteiger partial charge is 0.264 e. The number of rotatable bonds is 9. The fourth-order valence-electron chi connectivity index (χ4n) is 1.95. The Kier molecular flexibility index (Phi) is 9.15. The summed E-state index contributed by atoms with van der Waals surface area (Å²) in [4.78, 5) is 20.2. The number of hydrogen-bond acceptors (Lipinski definition) is 4. The average molecular weight is 381 g/mol. The molecule has 0 radical (unpaired) electrons. The highest BCUT2D eigenvalue weighted by Gasteiger charge is 2.28. The Hall–Kier alpha value is -2.06. The molecule has 0 heterocycles. The van der Waals surface area contributed by atoms with Crippen LogP contribution < -0.4 is 16.2 Å². The molecule has 26 heavy (non-hydrogen) atoms. The molecule has 1 rings (SSSR count). The first-order valence-corrected chi connectivity index (χ1v) is 9.28. The van der Waals surface area contributed by atoms with Crippen molar-refractivity contribution in [2.75, 3.05) is 26.6 Å². The zero-order chi connectivity index (χ0) is 19.6. The maximum atomic E-state index is 12.4. The summed E-state index contributed by atoms with van der Waals surface area (Å²) in [5.74, 6) is 1.25. The molecule has 0 saturated carbocycles. The van der Waals surface area contributed by atoms with Crippen LogP contribution in [0.2, 0.25) is 0 Å². The molecule has 8 heteroatoms. The third-order valence-electron chi connectivity index (χ3n) is 3.56. The number of nitrogens with two attached hydrogens (primary N) is 2. The number of guanidine groups is 1. The number of hydrogen-bond donors (Lipinski definition) is 2. The lowest BCUT2D eigenvalue weighted by Gasteiger charge is -2.19. The first kappa shape index (κ1) is 22.0. The highest BCUT2D eigenvalue weighted by molar-refractivity contribution is 8.01. The second-order valence-electron chi connectivity index (χ2n) is 6.06. The van der Waals surface area contributed by atoms with E-state index in [0.717, 1.165) is 25.2 Å². The molecule has 7 nitrogen and oxygen atoms in total. The molecule has 0 atom stereocenters. The molecule has 0 saturated heterocycles. The number of aliphatic imine (C=N–C) groups is 2. The Morgan fingerprint density at radius 3 is 2.35 bits per heavy atom. The molecule has 0 fully saturated rings. The van der Waals surface area contributed by atoms with Crippen LogP contribution >= 0.6 is 11.8 Å². The van der Waals surface area contributed by atoms with Crippen molar-refractivity contribution in [2.24, 2.45) is 21.5 Å². The van der Waals surface area contributed by atoms with Gasteiger partial charge in [0.25, 0.3) is 5.91 Å². The molecule has 1 aromatic rings. The number of unbranched alkanes of at least 4 members (excludes halogenated alkanes) is 1.